The van der Waals surface area contributed by atoms with Crippen LogP contribution in [0.25, 0.3) is 11.1 Å². The molecule has 2 heterocycles. The Balaban J connectivity index is 0.000000177. The molecule has 2 aromatic rings. The van der Waals surface area contributed by atoms with Crippen LogP contribution in [0.15, 0.2) is 30.6 Å². The Morgan fingerprint density at radius 1 is 1.40 bits per heavy atom. The van der Waals surface area contributed by atoms with Crippen LogP contribution >= 0.6 is 0 Å². The number of fused-ring (bicyclic) bond motifs is 2. The molecule has 2 N–H and O–H groups in total. The molecule has 6 nitrogen and oxygen atoms in total. The Labute approximate surface area is 177 Å². The topological polar surface area (TPSA) is 82.7 Å². The number of rotatable bonds is 5. The van der Waals surface area contributed by atoms with Crippen molar-refractivity contribution in [1.82, 2.24) is 20.4 Å². The van der Waals surface area contributed by atoms with Crippen LogP contribution in [0.2, 0.25) is 0 Å². The molecule has 1 aromatic heterocycles. The molecular formula is C23H30FN5O. The highest BCUT2D eigenvalue weighted by Crippen LogP contribution is 2.35. The molecule has 2 bridgehead atoms. The maximum atomic E-state index is 13.5. The Morgan fingerprint density at radius 2 is 2.20 bits per heavy atom. The van der Waals surface area contributed by atoms with E-state index in [0.29, 0.717) is 23.4 Å². The predicted molar refractivity (Wildman–Crippen MR) is 114 cm³/mol. The second-order valence-electron chi connectivity index (χ2n) is 8.60. The number of halogens is 1. The highest BCUT2D eigenvalue weighted by molar-refractivity contribution is 5.82. The number of carbonyl (C=O) groups excluding carboxylic acids is 1. The molecule has 1 amide bonds. The first-order chi connectivity index (χ1) is 14.4. The van der Waals surface area contributed by atoms with E-state index in [1.165, 1.54) is 6.42 Å². The third-order valence-corrected chi connectivity index (χ3v) is 5.67. The summed E-state index contributed by atoms with van der Waals surface area (Å²) in [5.74, 6) is 0.883. The zero-order valence-corrected chi connectivity index (χ0v) is 17.9. The van der Waals surface area contributed by atoms with Gasteiger partial charge in [-0.15, -0.1) is 0 Å². The number of hydrogen-bond acceptors (Lipinski definition) is 4. The molecule has 1 saturated heterocycles. The lowest BCUT2D eigenvalue weighted by Gasteiger charge is -2.21. The van der Waals surface area contributed by atoms with E-state index in [9.17, 15) is 9.18 Å². The Bertz CT molecular complexity index is 917. The highest BCUT2D eigenvalue weighted by atomic mass is 19.1. The average Bonchev–Trinajstić information content (AvgIpc) is 3.45. The predicted octanol–water partition coefficient (Wildman–Crippen LogP) is 3.42. The lowest BCUT2D eigenvalue weighted by molar-refractivity contribution is -0.123. The van der Waals surface area contributed by atoms with Crippen LogP contribution in [0.4, 0.5) is 4.39 Å². The van der Waals surface area contributed by atoms with Crippen LogP contribution in [0, 0.1) is 35.9 Å². The van der Waals surface area contributed by atoms with Gasteiger partial charge < -0.3 is 10.6 Å². The van der Waals surface area contributed by atoms with Crippen molar-refractivity contribution in [1.29, 1.82) is 5.26 Å². The number of hydrogen-bond donors (Lipinski definition) is 2. The minimum absolute atomic E-state index is 0.00579. The molecule has 1 saturated carbocycles. The molecule has 30 heavy (non-hydrogen) atoms. The van der Waals surface area contributed by atoms with Gasteiger partial charge >= 0.3 is 0 Å². The van der Waals surface area contributed by atoms with Crippen molar-refractivity contribution < 1.29 is 9.18 Å². The molecule has 1 aliphatic heterocycles. The van der Waals surface area contributed by atoms with Crippen molar-refractivity contribution in [3.8, 4) is 17.2 Å². The molecule has 2 fully saturated rings. The summed E-state index contributed by atoms with van der Waals surface area (Å²) in [6.45, 7) is 7.06. The third kappa shape index (κ3) is 5.45. The fourth-order valence-corrected chi connectivity index (χ4v) is 4.15. The van der Waals surface area contributed by atoms with Gasteiger partial charge in [-0.25, -0.2) is 4.39 Å². The minimum atomic E-state index is -0.167. The molecule has 3 atom stereocenters. The first kappa shape index (κ1) is 22.0. The monoisotopic (exact) mass is 411 g/mol. The van der Waals surface area contributed by atoms with E-state index in [1.54, 1.807) is 25.3 Å². The summed E-state index contributed by atoms with van der Waals surface area (Å²) in [6, 6.07) is 7.70. The third-order valence-electron chi connectivity index (χ3n) is 5.67. The fourth-order valence-electron chi connectivity index (χ4n) is 4.15. The van der Waals surface area contributed by atoms with Crippen LogP contribution in [-0.2, 0) is 11.3 Å². The van der Waals surface area contributed by atoms with Crippen molar-refractivity contribution in [3.05, 3.63) is 42.0 Å². The van der Waals surface area contributed by atoms with E-state index in [1.807, 2.05) is 23.0 Å². The summed E-state index contributed by atoms with van der Waals surface area (Å²) in [6.07, 6.45) is 7.23. The molecule has 1 aromatic carbocycles. The lowest BCUT2D eigenvalue weighted by atomic mass is 9.99. The van der Waals surface area contributed by atoms with Crippen LogP contribution in [0.5, 0.6) is 0 Å². The average molecular weight is 412 g/mol. The van der Waals surface area contributed by atoms with Crippen LogP contribution < -0.4 is 10.6 Å². The summed E-state index contributed by atoms with van der Waals surface area (Å²) in [5, 5.41) is 18.5. The normalized spacial score (nSPS) is 21.8. The number of benzene rings is 1. The van der Waals surface area contributed by atoms with Gasteiger partial charge in [-0.2, -0.15) is 10.4 Å². The molecule has 0 spiro atoms. The van der Waals surface area contributed by atoms with E-state index in [-0.39, 0.29) is 24.3 Å². The first-order valence-corrected chi connectivity index (χ1v) is 10.6. The van der Waals surface area contributed by atoms with E-state index >= 15 is 0 Å². The van der Waals surface area contributed by atoms with Crippen molar-refractivity contribution >= 4 is 5.91 Å². The second kappa shape index (κ2) is 9.86. The van der Waals surface area contributed by atoms with E-state index in [0.717, 1.165) is 30.5 Å². The van der Waals surface area contributed by atoms with E-state index in [4.69, 9.17) is 5.26 Å². The number of carbonyl (C=O) groups is 1. The zero-order valence-electron chi connectivity index (χ0n) is 17.9. The molecule has 0 radical (unpaired) electrons. The largest absolute Gasteiger partial charge is 0.342 e. The van der Waals surface area contributed by atoms with Crippen molar-refractivity contribution in [3.63, 3.8) is 0 Å². The Morgan fingerprint density at radius 3 is 2.80 bits per heavy atom. The molecule has 1 unspecified atom stereocenters. The summed E-state index contributed by atoms with van der Waals surface area (Å²) >= 11 is 0. The number of aromatic nitrogens is 2. The van der Waals surface area contributed by atoms with Gasteiger partial charge in [0.15, 0.2) is 0 Å². The number of nitrogens with zero attached hydrogens (tertiary/aromatic N) is 3. The summed E-state index contributed by atoms with van der Waals surface area (Å²) in [4.78, 5) is 11.5. The zero-order chi connectivity index (χ0) is 21.7. The number of nitrogens with one attached hydrogen (secondary N) is 2. The second-order valence-corrected chi connectivity index (χ2v) is 8.60. The maximum absolute atomic E-state index is 13.5. The van der Waals surface area contributed by atoms with Gasteiger partial charge in [-0.05, 0) is 55.2 Å². The highest BCUT2D eigenvalue weighted by Gasteiger charge is 2.42. The van der Waals surface area contributed by atoms with Crippen molar-refractivity contribution in [2.75, 3.05) is 6.54 Å². The van der Waals surface area contributed by atoms with Crippen molar-refractivity contribution in [2.45, 2.75) is 58.7 Å². The van der Waals surface area contributed by atoms with Gasteiger partial charge in [-0.3, -0.25) is 9.48 Å². The van der Waals surface area contributed by atoms with Gasteiger partial charge in [-0.1, -0.05) is 26.0 Å². The molecule has 4 rings (SSSR count). The van der Waals surface area contributed by atoms with E-state index in [2.05, 4.69) is 29.6 Å². The SMILES string of the molecule is Cc1ccc(-c2cnn(CC(C)C)c2)cc1F.N#CCNC(=O)[C@H]1N[C@@H]2CCC1C2. The standard InChI is InChI=1S/C14H17FN2.C9H13N3O/c1-10(2)8-17-9-13(7-16-17)12-5-4-11(3)14(15)6-12;10-3-4-11-9(13)8-6-1-2-7(5-6)12-8/h4-7,9-10H,8H2,1-3H3;6-8,12H,1-2,4-5H2,(H,11,13)/t;6?,7-,8+/m.1/s1. The van der Waals surface area contributed by atoms with E-state index < -0.39 is 0 Å². The summed E-state index contributed by atoms with van der Waals surface area (Å²) < 4.78 is 15.4. The smallest absolute Gasteiger partial charge is 0.238 e. The Hall–Kier alpha value is -2.72. The minimum Gasteiger partial charge on any atom is -0.342 e. The van der Waals surface area contributed by atoms with Gasteiger partial charge in [0, 0.05) is 24.3 Å². The fraction of sp³-hybridized carbons (Fsp3) is 0.522. The summed E-state index contributed by atoms with van der Waals surface area (Å²) in [5.41, 5.74) is 2.51. The van der Waals surface area contributed by atoms with Gasteiger partial charge in [0.1, 0.15) is 12.4 Å². The number of piperidine rings is 1. The first-order valence-electron chi connectivity index (χ1n) is 10.6. The van der Waals surface area contributed by atoms with Crippen molar-refractivity contribution in [2.24, 2.45) is 11.8 Å². The quantitative estimate of drug-likeness (QED) is 0.739. The molecular weight excluding hydrogens is 381 g/mol. The number of aryl methyl sites for hydroxylation is 1. The lowest BCUT2D eigenvalue weighted by Crippen LogP contribution is -2.47. The maximum Gasteiger partial charge on any atom is 0.238 e. The Kier molecular flexibility index (Phi) is 7.22. The molecule has 160 valence electrons. The number of nitriles is 1. The van der Waals surface area contributed by atoms with Crippen LogP contribution in [-0.4, -0.2) is 34.3 Å². The van der Waals surface area contributed by atoms with Gasteiger partial charge in [0.2, 0.25) is 5.91 Å². The molecule has 2 aliphatic rings. The number of amides is 1. The molecule has 1 aliphatic carbocycles. The van der Waals surface area contributed by atoms with Gasteiger partial charge in [0.25, 0.3) is 0 Å². The van der Waals surface area contributed by atoms with Gasteiger partial charge in [0.05, 0.1) is 18.3 Å². The summed E-state index contributed by atoms with van der Waals surface area (Å²) in [7, 11) is 0. The van der Waals surface area contributed by atoms with Crippen LogP contribution in [0.3, 0.4) is 0 Å². The molecule has 7 heteroatoms. The van der Waals surface area contributed by atoms with Crippen LogP contribution in [0.1, 0.15) is 38.7 Å².